The summed E-state index contributed by atoms with van der Waals surface area (Å²) in [6, 6.07) is 8.32. The van der Waals surface area contributed by atoms with Crippen molar-refractivity contribution in [2.45, 2.75) is 36.7 Å². The fraction of sp³-hybridized carbons (Fsp3) is 0.552. The van der Waals surface area contributed by atoms with Gasteiger partial charge >= 0.3 is 0 Å². The summed E-state index contributed by atoms with van der Waals surface area (Å²) in [5.41, 5.74) is 0. The highest BCUT2D eigenvalue weighted by Crippen LogP contribution is 2.30. The Morgan fingerprint density at radius 2 is 1.60 bits per heavy atom. The van der Waals surface area contributed by atoms with Gasteiger partial charge in [0.1, 0.15) is 12.1 Å². The number of likely N-dealkylation sites (N-methyl/N-ethyl adjacent to an activating group) is 1. The third-order valence-electron chi connectivity index (χ3n) is 8.30. The van der Waals surface area contributed by atoms with Crippen LogP contribution in [-0.2, 0) is 24.4 Å². The molecule has 10 nitrogen and oxygen atoms in total. The Morgan fingerprint density at radius 3 is 2.24 bits per heavy atom. The summed E-state index contributed by atoms with van der Waals surface area (Å²) in [4.78, 5) is 44.9. The molecule has 2 aromatic carbocycles. The van der Waals surface area contributed by atoms with Crippen LogP contribution in [0.1, 0.15) is 19.8 Å². The molecule has 3 heterocycles. The summed E-state index contributed by atoms with van der Waals surface area (Å²) >= 11 is 6.03. The van der Waals surface area contributed by atoms with Crippen molar-refractivity contribution in [2.24, 2.45) is 11.8 Å². The highest BCUT2D eigenvalue weighted by molar-refractivity contribution is 7.89. The van der Waals surface area contributed by atoms with E-state index in [1.165, 1.54) is 11.0 Å². The van der Waals surface area contributed by atoms with Gasteiger partial charge in [-0.05, 0) is 66.6 Å². The van der Waals surface area contributed by atoms with Crippen LogP contribution in [0.3, 0.4) is 0 Å². The average Bonchev–Trinajstić information content (AvgIpc) is 3.24. The maximum absolute atomic E-state index is 13.5. The minimum absolute atomic E-state index is 0. The highest BCUT2D eigenvalue weighted by Gasteiger charge is 2.43. The lowest BCUT2D eigenvalue weighted by atomic mass is 9.84. The molecule has 0 radical (unpaired) electrons. The van der Waals surface area contributed by atoms with E-state index in [4.69, 9.17) is 11.6 Å². The molecule has 3 aliphatic rings. The van der Waals surface area contributed by atoms with Gasteiger partial charge in [0.2, 0.25) is 21.8 Å². The second-order valence-corrected chi connectivity index (χ2v) is 14.9. The first kappa shape index (κ1) is 32.5. The Balaban J connectivity index is 0.00000405. The van der Waals surface area contributed by atoms with E-state index >= 15 is 0 Å². The lowest BCUT2D eigenvalue weighted by Gasteiger charge is -2.47. The summed E-state index contributed by atoms with van der Waals surface area (Å²) in [6.45, 7) is 4.84. The number of rotatable bonds is 7. The topological polar surface area (TPSA) is 107 Å². The Bertz CT molecular complexity index is 1470. The molecule has 2 bridgehead atoms. The second kappa shape index (κ2) is 12.3. The number of hydrogen-bond donors (Lipinski definition) is 1. The summed E-state index contributed by atoms with van der Waals surface area (Å²) in [7, 11) is 2.04. The zero-order valence-corrected chi connectivity index (χ0v) is 26.8. The van der Waals surface area contributed by atoms with Crippen molar-refractivity contribution < 1.29 is 39.7 Å². The molecule has 0 aromatic heterocycles. The maximum Gasteiger partial charge on any atom is 0.277 e. The van der Waals surface area contributed by atoms with Crippen molar-refractivity contribution in [1.82, 2.24) is 19.4 Å². The van der Waals surface area contributed by atoms with E-state index in [0.29, 0.717) is 48.8 Å². The van der Waals surface area contributed by atoms with Crippen LogP contribution in [0.5, 0.6) is 0 Å². The monoisotopic (exact) mass is 639 g/mol. The van der Waals surface area contributed by atoms with Crippen molar-refractivity contribution in [3.05, 3.63) is 41.4 Å². The minimum atomic E-state index is -3.96. The van der Waals surface area contributed by atoms with Gasteiger partial charge in [0.25, 0.3) is 5.91 Å². The maximum atomic E-state index is 13.5. The van der Waals surface area contributed by atoms with Gasteiger partial charge in [-0.3, -0.25) is 14.4 Å². The van der Waals surface area contributed by atoms with Crippen LogP contribution in [0.15, 0.2) is 41.3 Å². The highest BCUT2D eigenvalue weighted by atomic mass is 35.5. The molecule has 13 heteroatoms. The van der Waals surface area contributed by atoms with Gasteiger partial charge in [0.05, 0.1) is 26.0 Å². The van der Waals surface area contributed by atoms with Gasteiger partial charge in [-0.25, -0.2) is 8.42 Å². The first-order valence-corrected chi connectivity index (χ1v) is 16.0. The van der Waals surface area contributed by atoms with E-state index in [1.807, 2.05) is 30.9 Å². The van der Waals surface area contributed by atoms with E-state index in [0.717, 1.165) is 17.2 Å². The summed E-state index contributed by atoms with van der Waals surface area (Å²) in [5, 5.41) is 2.10. The normalized spacial score (nSPS) is 23.6. The molecule has 42 heavy (non-hydrogen) atoms. The van der Waals surface area contributed by atoms with Gasteiger partial charge in [-0.15, -0.1) is 0 Å². The second-order valence-electron chi connectivity index (χ2n) is 12.8. The molecule has 4 atom stereocenters. The third-order valence-corrected chi connectivity index (χ3v) is 10.0. The van der Waals surface area contributed by atoms with Crippen LogP contribution in [0.4, 0.5) is 0 Å². The molecule has 3 saturated heterocycles. The number of hydrogen-bond acceptors (Lipinski definition) is 5. The first-order chi connectivity index (χ1) is 19.2. The van der Waals surface area contributed by atoms with Gasteiger partial charge in [-0.1, -0.05) is 23.7 Å². The first-order valence-electron chi connectivity index (χ1n) is 14.1. The molecular weight excluding hydrogens is 601 g/mol. The van der Waals surface area contributed by atoms with Crippen LogP contribution in [0.25, 0.3) is 10.8 Å². The number of piperidine rings is 2. The number of halogens is 2. The SMILES string of the molecule is CC(C(=O)N1CC2CC(CN(C(=O)C[N+](C)(C)C)C2)C1)N1CCC(NS(=O)(=O)c2ccc3cc(Cl)ccc3c2)C1=O.[Cl-]. The third kappa shape index (κ3) is 7.02. The van der Waals surface area contributed by atoms with Crippen LogP contribution in [0.2, 0.25) is 5.02 Å². The van der Waals surface area contributed by atoms with Crippen LogP contribution < -0.4 is 17.1 Å². The average molecular weight is 641 g/mol. The molecule has 0 spiro atoms. The van der Waals surface area contributed by atoms with Crippen molar-refractivity contribution >= 4 is 50.1 Å². The molecular formula is C29H39Cl2N5O5S. The molecule has 2 aromatic rings. The Hall–Kier alpha value is -2.44. The molecule has 0 aliphatic carbocycles. The van der Waals surface area contributed by atoms with Gasteiger partial charge in [-0.2, -0.15) is 4.72 Å². The van der Waals surface area contributed by atoms with Crippen LogP contribution in [0, 0.1) is 11.8 Å². The van der Waals surface area contributed by atoms with E-state index in [1.54, 1.807) is 37.3 Å². The zero-order chi connectivity index (χ0) is 29.7. The number of likely N-dealkylation sites (tertiary alicyclic amines) is 3. The number of nitrogens with one attached hydrogen (secondary N) is 1. The Labute approximate surface area is 259 Å². The Morgan fingerprint density at radius 1 is 1.00 bits per heavy atom. The van der Waals surface area contributed by atoms with E-state index in [2.05, 4.69) is 4.72 Å². The van der Waals surface area contributed by atoms with Gasteiger partial charge < -0.3 is 31.6 Å². The predicted octanol–water partition coefficient (Wildman–Crippen LogP) is -1.22. The Kier molecular flexibility index (Phi) is 9.49. The van der Waals surface area contributed by atoms with Crippen LogP contribution >= 0.6 is 11.6 Å². The number of amides is 3. The molecule has 1 N–H and O–H groups in total. The number of carbonyl (C=O) groups is 3. The lowest BCUT2D eigenvalue weighted by Crippen LogP contribution is -3.00. The molecule has 3 aliphatic heterocycles. The predicted molar refractivity (Wildman–Crippen MR) is 157 cm³/mol. The fourth-order valence-corrected chi connectivity index (χ4v) is 7.82. The fourth-order valence-electron chi connectivity index (χ4n) is 6.38. The minimum Gasteiger partial charge on any atom is -1.00 e. The van der Waals surface area contributed by atoms with E-state index < -0.39 is 28.0 Å². The number of quaternary nitrogens is 1. The van der Waals surface area contributed by atoms with Crippen molar-refractivity contribution in [2.75, 3.05) is 60.4 Å². The van der Waals surface area contributed by atoms with Gasteiger partial charge in [0, 0.05) is 37.7 Å². The number of benzene rings is 2. The number of sulfonamides is 1. The zero-order valence-electron chi connectivity index (χ0n) is 24.4. The van der Waals surface area contributed by atoms with Crippen LogP contribution in [-0.4, -0.2) is 118 Å². The smallest absolute Gasteiger partial charge is 0.277 e. The number of carbonyl (C=O) groups excluding carboxylic acids is 3. The number of nitrogens with zero attached hydrogens (tertiary/aromatic N) is 4. The van der Waals surface area contributed by atoms with E-state index in [9.17, 15) is 22.8 Å². The largest absolute Gasteiger partial charge is 1.00 e. The summed E-state index contributed by atoms with van der Waals surface area (Å²) < 4.78 is 29.4. The van der Waals surface area contributed by atoms with Crippen molar-refractivity contribution in [1.29, 1.82) is 0 Å². The molecule has 4 unspecified atom stereocenters. The quantitative estimate of drug-likeness (QED) is 0.382. The van der Waals surface area contributed by atoms with Crippen molar-refractivity contribution in [3.63, 3.8) is 0 Å². The lowest BCUT2D eigenvalue weighted by molar-refractivity contribution is -0.862. The van der Waals surface area contributed by atoms with Gasteiger partial charge in [0.15, 0.2) is 6.54 Å². The summed E-state index contributed by atoms with van der Waals surface area (Å²) in [5.74, 6) is 0.0421. The van der Waals surface area contributed by atoms with Crippen molar-refractivity contribution in [3.8, 4) is 0 Å². The van der Waals surface area contributed by atoms with E-state index in [-0.39, 0.29) is 47.4 Å². The molecule has 230 valence electrons. The summed E-state index contributed by atoms with van der Waals surface area (Å²) in [6.07, 6.45) is 1.27. The molecule has 3 fully saturated rings. The number of fused-ring (bicyclic) bond motifs is 3. The molecule has 0 saturated carbocycles. The molecule has 5 rings (SSSR count). The molecule has 3 amide bonds. The standard InChI is InChI=1S/C29H39ClN5O5S.ClH/c1-19(28(37)33-16-20-11-21(17-33)15-32(14-20)27(36)18-35(2,3)4)34-10-9-26(29(34)38)31-41(39,40)25-8-6-22-12-24(30)7-5-23(22)13-25;/h5-8,12-13,19-21,26,31H,9-11,14-18H2,1-4H3;1H/q+1;/p-1.